The van der Waals surface area contributed by atoms with E-state index in [2.05, 4.69) is 15.2 Å². The number of fused-ring (bicyclic) bond motifs is 2. The Morgan fingerprint density at radius 2 is 1.88 bits per heavy atom. The fraction of sp³-hybridized carbons (Fsp3) is 0.435. The van der Waals surface area contributed by atoms with Crippen molar-refractivity contribution < 1.29 is 18.6 Å². The molecule has 32 heavy (non-hydrogen) atoms. The van der Waals surface area contributed by atoms with Gasteiger partial charge in [0.2, 0.25) is 5.75 Å². The van der Waals surface area contributed by atoms with Crippen LogP contribution in [-0.4, -0.2) is 51.0 Å². The first-order valence-corrected chi connectivity index (χ1v) is 10.6. The highest BCUT2D eigenvalue weighted by Gasteiger charge is 2.26. The molecule has 5 rings (SSSR count). The molecule has 0 spiro atoms. The van der Waals surface area contributed by atoms with Crippen LogP contribution in [-0.2, 0) is 0 Å². The van der Waals surface area contributed by atoms with Gasteiger partial charge in [0, 0.05) is 19.6 Å². The smallest absolute Gasteiger partial charge is 0.298 e. The average molecular weight is 482 g/mol. The number of benzene rings is 2. The number of hydrogen-bond acceptors (Lipinski definition) is 7. The van der Waals surface area contributed by atoms with Gasteiger partial charge in [0.25, 0.3) is 6.01 Å². The number of piperidine rings is 1. The van der Waals surface area contributed by atoms with Crippen LogP contribution in [0.25, 0.3) is 11.1 Å². The van der Waals surface area contributed by atoms with Gasteiger partial charge in [0.05, 0.1) is 7.11 Å². The van der Waals surface area contributed by atoms with Crippen LogP contribution in [0.4, 0.5) is 6.01 Å². The second-order valence-electron chi connectivity index (χ2n) is 7.89. The zero-order valence-electron chi connectivity index (χ0n) is 18.0. The van der Waals surface area contributed by atoms with Gasteiger partial charge in [0.15, 0.2) is 17.1 Å². The molecular formula is C23H29Cl2N3O4. The SMILES string of the molecule is COc1cccc2c1OC(CNCC1CCN(c3nc4ccccc4o3)CC1)CO2.Cl.Cl. The van der Waals surface area contributed by atoms with E-state index in [1.165, 1.54) is 0 Å². The topological polar surface area (TPSA) is 69.0 Å². The van der Waals surface area contributed by atoms with Crippen molar-refractivity contribution in [2.75, 3.05) is 44.8 Å². The van der Waals surface area contributed by atoms with Crippen LogP contribution in [0, 0.1) is 5.92 Å². The van der Waals surface area contributed by atoms with E-state index in [-0.39, 0.29) is 30.9 Å². The molecule has 0 amide bonds. The largest absolute Gasteiger partial charge is 0.493 e. The van der Waals surface area contributed by atoms with Gasteiger partial charge in [-0.05, 0) is 49.6 Å². The third kappa shape index (κ3) is 5.17. The molecule has 1 unspecified atom stereocenters. The van der Waals surface area contributed by atoms with Crippen molar-refractivity contribution in [3.8, 4) is 17.2 Å². The Balaban J connectivity index is 0.00000144. The first-order valence-electron chi connectivity index (χ1n) is 10.6. The van der Waals surface area contributed by atoms with Gasteiger partial charge in [-0.25, -0.2) is 0 Å². The second kappa shape index (κ2) is 11.0. The number of anilines is 1. The predicted molar refractivity (Wildman–Crippen MR) is 129 cm³/mol. The number of ether oxygens (including phenoxy) is 3. The summed E-state index contributed by atoms with van der Waals surface area (Å²) in [6.07, 6.45) is 2.21. The van der Waals surface area contributed by atoms with Gasteiger partial charge in [-0.3, -0.25) is 0 Å². The predicted octanol–water partition coefficient (Wildman–Crippen LogP) is 4.33. The zero-order chi connectivity index (χ0) is 20.3. The van der Waals surface area contributed by atoms with Crippen molar-refractivity contribution in [1.82, 2.24) is 10.3 Å². The van der Waals surface area contributed by atoms with Gasteiger partial charge in [-0.15, -0.1) is 24.8 Å². The Bertz CT molecular complexity index is 961. The maximum atomic E-state index is 6.11. The number of para-hydroxylation sites is 3. The lowest BCUT2D eigenvalue weighted by atomic mass is 9.97. The lowest BCUT2D eigenvalue weighted by Gasteiger charge is -2.32. The molecular weight excluding hydrogens is 453 g/mol. The van der Waals surface area contributed by atoms with E-state index in [1.807, 2.05) is 42.5 Å². The molecule has 1 saturated heterocycles. The summed E-state index contributed by atoms with van der Waals surface area (Å²) in [5.41, 5.74) is 1.77. The van der Waals surface area contributed by atoms with E-state index in [1.54, 1.807) is 7.11 Å². The first kappa shape index (κ1) is 24.3. The highest BCUT2D eigenvalue weighted by molar-refractivity contribution is 5.85. The summed E-state index contributed by atoms with van der Waals surface area (Å²) in [4.78, 5) is 6.87. The number of nitrogens with zero attached hydrogens (tertiary/aromatic N) is 2. The molecule has 2 aliphatic rings. The van der Waals surface area contributed by atoms with Crippen LogP contribution in [0.15, 0.2) is 46.9 Å². The van der Waals surface area contributed by atoms with E-state index in [0.717, 1.165) is 61.9 Å². The molecule has 2 aliphatic heterocycles. The van der Waals surface area contributed by atoms with E-state index in [9.17, 15) is 0 Å². The minimum absolute atomic E-state index is 0. The normalized spacial score (nSPS) is 18.0. The zero-order valence-corrected chi connectivity index (χ0v) is 19.6. The van der Waals surface area contributed by atoms with E-state index in [0.29, 0.717) is 24.0 Å². The van der Waals surface area contributed by atoms with Gasteiger partial charge in [-0.2, -0.15) is 4.98 Å². The minimum atomic E-state index is -0.0198. The maximum absolute atomic E-state index is 6.11. The summed E-state index contributed by atoms with van der Waals surface area (Å²) in [6, 6.07) is 14.4. The summed E-state index contributed by atoms with van der Waals surface area (Å²) >= 11 is 0. The molecule has 1 fully saturated rings. The molecule has 1 aromatic heterocycles. The molecule has 0 bridgehead atoms. The van der Waals surface area contributed by atoms with Crippen LogP contribution < -0.4 is 24.4 Å². The molecule has 7 nitrogen and oxygen atoms in total. The maximum Gasteiger partial charge on any atom is 0.298 e. The summed E-state index contributed by atoms with van der Waals surface area (Å²) in [7, 11) is 1.65. The van der Waals surface area contributed by atoms with Crippen molar-refractivity contribution in [2.24, 2.45) is 5.92 Å². The molecule has 9 heteroatoms. The van der Waals surface area contributed by atoms with Crippen molar-refractivity contribution in [1.29, 1.82) is 0 Å². The van der Waals surface area contributed by atoms with E-state index in [4.69, 9.17) is 18.6 Å². The van der Waals surface area contributed by atoms with Crippen molar-refractivity contribution in [3.63, 3.8) is 0 Å². The van der Waals surface area contributed by atoms with Gasteiger partial charge in [0.1, 0.15) is 18.2 Å². The summed E-state index contributed by atoms with van der Waals surface area (Å²) in [5.74, 6) is 2.79. The monoisotopic (exact) mass is 481 g/mol. The molecule has 1 N–H and O–H groups in total. The average Bonchev–Trinajstić information content (AvgIpc) is 3.23. The van der Waals surface area contributed by atoms with Crippen LogP contribution in [0.3, 0.4) is 0 Å². The number of halogens is 2. The van der Waals surface area contributed by atoms with Crippen molar-refractivity contribution in [2.45, 2.75) is 18.9 Å². The molecule has 0 saturated carbocycles. The second-order valence-corrected chi connectivity index (χ2v) is 7.89. The van der Waals surface area contributed by atoms with Crippen LogP contribution >= 0.6 is 24.8 Å². The Morgan fingerprint density at radius 1 is 1.06 bits per heavy atom. The molecule has 0 aliphatic carbocycles. The Hall–Kier alpha value is -2.35. The molecule has 3 heterocycles. The van der Waals surface area contributed by atoms with Gasteiger partial charge < -0.3 is 28.8 Å². The Morgan fingerprint density at radius 3 is 2.66 bits per heavy atom. The lowest BCUT2D eigenvalue weighted by Crippen LogP contribution is -2.42. The highest BCUT2D eigenvalue weighted by atomic mass is 35.5. The Kier molecular flexibility index (Phi) is 8.34. The Labute approximate surface area is 200 Å². The summed E-state index contributed by atoms with van der Waals surface area (Å²) in [6.45, 7) is 4.20. The number of aromatic nitrogens is 1. The number of nitrogens with one attached hydrogen (secondary N) is 1. The van der Waals surface area contributed by atoms with Gasteiger partial charge >= 0.3 is 0 Å². The third-order valence-corrected chi connectivity index (χ3v) is 5.84. The standard InChI is InChI=1S/C23H27N3O4.2ClH/c1-27-20-7-4-8-21-22(20)29-17(15-28-21)14-24-13-16-9-11-26(12-10-16)23-25-18-5-2-3-6-19(18)30-23;;/h2-8,16-17,24H,9-15H2,1H3;2*1H. The number of oxazole rings is 1. The number of methoxy groups -OCH3 is 1. The van der Waals surface area contributed by atoms with Crippen LogP contribution in [0.2, 0.25) is 0 Å². The molecule has 1 atom stereocenters. The summed E-state index contributed by atoms with van der Waals surface area (Å²) < 4.78 is 23.2. The van der Waals surface area contributed by atoms with Crippen molar-refractivity contribution >= 4 is 41.9 Å². The highest BCUT2D eigenvalue weighted by Crippen LogP contribution is 2.39. The molecule has 2 aromatic carbocycles. The number of hydrogen-bond donors (Lipinski definition) is 1. The quantitative estimate of drug-likeness (QED) is 0.561. The fourth-order valence-electron chi connectivity index (χ4n) is 4.14. The lowest BCUT2D eigenvalue weighted by molar-refractivity contribution is 0.0854. The third-order valence-electron chi connectivity index (χ3n) is 5.84. The van der Waals surface area contributed by atoms with E-state index >= 15 is 0 Å². The van der Waals surface area contributed by atoms with Crippen LogP contribution in [0.5, 0.6) is 17.2 Å². The molecule has 0 radical (unpaired) electrons. The van der Waals surface area contributed by atoms with Gasteiger partial charge in [-0.1, -0.05) is 18.2 Å². The first-order chi connectivity index (χ1) is 14.8. The summed E-state index contributed by atoms with van der Waals surface area (Å²) in [5, 5.41) is 3.57. The number of rotatable bonds is 6. The molecule has 3 aromatic rings. The minimum Gasteiger partial charge on any atom is -0.493 e. The van der Waals surface area contributed by atoms with Crippen molar-refractivity contribution in [3.05, 3.63) is 42.5 Å². The fourth-order valence-corrected chi connectivity index (χ4v) is 4.14. The van der Waals surface area contributed by atoms with Crippen LogP contribution in [0.1, 0.15) is 12.8 Å². The van der Waals surface area contributed by atoms with E-state index < -0.39 is 0 Å². The molecule has 174 valence electrons.